The molecule has 3 amide bonds. The second kappa shape index (κ2) is 11.5. The van der Waals surface area contributed by atoms with Gasteiger partial charge in [-0.15, -0.1) is 0 Å². The number of ether oxygens (including phenoxy) is 1. The van der Waals surface area contributed by atoms with Gasteiger partial charge < -0.3 is 10.1 Å². The number of nitrogens with one attached hydrogen (secondary N) is 2. The van der Waals surface area contributed by atoms with Crippen LogP contribution in [0.1, 0.15) is 29.8 Å². The SMILES string of the molecule is CCOC(=O)NC(=O)CN(CC)CC(=O)Nc1ccccc1C(=O)c1ccccc1. The summed E-state index contributed by atoms with van der Waals surface area (Å²) in [4.78, 5) is 50.1. The lowest BCUT2D eigenvalue weighted by Gasteiger charge is -2.19. The van der Waals surface area contributed by atoms with Crippen LogP contribution >= 0.6 is 0 Å². The van der Waals surface area contributed by atoms with Crippen LogP contribution in [0.15, 0.2) is 54.6 Å². The zero-order chi connectivity index (χ0) is 21.9. The van der Waals surface area contributed by atoms with Crippen molar-refractivity contribution in [2.45, 2.75) is 13.8 Å². The summed E-state index contributed by atoms with van der Waals surface area (Å²) in [6.07, 6.45) is -0.823. The summed E-state index contributed by atoms with van der Waals surface area (Å²) >= 11 is 0. The van der Waals surface area contributed by atoms with Crippen molar-refractivity contribution in [1.29, 1.82) is 0 Å². The van der Waals surface area contributed by atoms with E-state index in [1.54, 1.807) is 67.3 Å². The Bertz CT molecular complexity index is 899. The molecule has 8 nitrogen and oxygen atoms in total. The highest BCUT2D eigenvalue weighted by Gasteiger charge is 2.18. The molecule has 0 heterocycles. The number of para-hydroxylation sites is 1. The van der Waals surface area contributed by atoms with E-state index in [9.17, 15) is 19.2 Å². The van der Waals surface area contributed by atoms with Gasteiger partial charge in [-0.25, -0.2) is 4.79 Å². The van der Waals surface area contributed by atoms with Crippen LogP contribution in [-0.2, 0) is 14.3 Å². The van der Waals surface area contributed by atoms with Crippen molar-refractivity contribution in [3.8, 4) is 0 Å². The first-order chi connectivity index (χ1) is 14.4. The first-order valence-corrected chi connectivity index (χ1v) is 9.62. The molecule has 0 aliphatic rings. The Morgan fingerprint density at radius 1 is 0.867 bits per heavy atom. The molecule has 2 aromatic rings. The molecule has 0 aromatic heterocycles. The van der Waals surface area contributed by atoms with Crippen molar-refractivity contribution in [3.05, 3.63) is 65.7 Å². The van der Waals surface area contributed by atoms with Gasteiger partial charge >= 0.3 is 6.09 Å². The van der Waals surface area contributed by atoms with E-state index in [2.05, 4.69) is 15.4 Å². The predicted octanol–water partition coefficient (Wildman–Crippen LogP) is 2.45. The lowest BCUT2D eigenvalue weighted by molar-refractivity contribution is -0.122. The minimum absolute atomic E-state index is 0.0827. The van der Waals surface area contributed by atoms with E-state index >= 15 is 0 Å². The molecule has 2 N–H and O–H groups in total. The number of amides is 3. The van der Waals surface area contributed by atoms with Crippen molar-refractivity contribution in [3.63, 3.8) is 0 Å². The van der Waals surface area contributed by atoms with Crippen LogP contribution in [0.25, 0.3) is 0 Å². The number of benzene rings is 2. The average Bonchev–Trinajstić information content (AvgIpc) is 2.73. The predicted molar refractivity (Wildman–Crippen MR) is 112 cm³/mol. The molecule has 0 aliphatic carbocycles. The van der Waals surface area contributed by atoms with Gasteiger partial charge in [-0.05, 0) is 25.6 Å². The molecule has 0 saturated heterocycles. The minimum atomic E-state index is -0.823. The highest BCUT2D eigenvalue weighted by molar-refractivity contribution is 6.13. The van der Waals surface area contributed by atoms with Gasteiger partial charge in [0.2, 0.25) is 11.8 Å². The van der Waals surface area contributed by atoms with Crippen LogP contribution in [0.5, 0.6) is 0 Å². The third-order valence-electron chi connectivity index (χ3n) is 4.18. The van der Waals surface area contributed by atoms with Crippen LogP contribution in [0.4, 0.5) is 10.5 Å². The van der Waals surface area contributed by atoms with Crippen molar-refractivity contribution >= 4 is 29.4 Å². The Morgan fingerprint density at radius 2 is 1.50 bits per heavy atom. The summed E-state index contributed by atoms with van der Waals surface area (Å²) in [5.41, 5.74) is 1.29. The monoisotopic (exact) mass is 411 g/mol. The Kier molecular flexibility index (Phi) is 8.71. The molecule has 0 unspecified atom stereocenters. The van der Waals surface area contributed by atoms with Crippen molar-refractivity contribution in [2.24, 2.45) is 0 Å². The number of rotatable bonds is 9. The second-order valence-corrected chi connectivity index (χ2v) is 6.36. The number of carbonyl (C=O) groups is 4. The van der Waals surface area contributed by atoms with Gasteiger partial charge in [0.15, 0.2) is 5.78 Å². The molecule has 0 atom stereocenters. The zero-order valence-corrected chi connectivity index (χ0v) is 17.0. The maximum Gasteiger partial charge on any atom is 0.413 e. The Labute approximate surface area is 175 Å². The number of anilines is 1. The van der Waals surface area contributed by atoms with Crippen molar-refractivity contribution in [1.82, 2.24) is 10.2 Å². The number of ketones is 1. The van der Waals surface area contributed by atoms with E-state index in [0.717, 1.165) is 0 Å². The number of hydrogen-bond donors (Lipinski definition) is 2. The molecular weight excluding hydrogens is 386 g/mol. The van der Waals surface area contributed by atoms with Gasteiger partial charge in [0.25, 0.3) is 0 Å². The quantitative estimate of drug-likeness (QED) is 0.614. The summed E-state index contributed by atoms with van der Waals surface area (Å²) in [6.45, 7) is 3.76. The average molecular weight is 411 g/mol. The molecular formula is C22H25N3O5. The third kappa shape index (κ3) is 6.82. The molecule has 0 radical (unpaired) electrons. The van der Waals surface area contributed by atoms with E-state index < -0.39 is 12.0 Å². The first-order valence-electron chi connectivity index (χ1n) is 9.62. The van der Waals surface area contributed by atoms with Crippen molar-refractivity contribution in [2.75, 3.05) is 31.6 Å². The van der Waals surface area contributed by atoms with E-state index in [4.69, 9.17) is 0 Å². The fourth-order valence-electron chi connectivity index (χ4n) is 2.73. The first kappa shape index (κ1) is 22.8. The van der Waals surface area contributed by atoms with E-state index in [1.807, 2.05) is 6.07 Å². The van der Waals surface area contributed by atoms with Crippen LogP contribution in [-0.4, -0.2) is 54.8 Å². The molecule has 158 valence electrons. The Hall–Kier alpha value is -3.52. The fraction of sp³-hybridized carbons (Fsp3) is 0.273. The molecule has 0 saturated carbocycles. The Morgan fingerprint density at radius 3 is 2.17 bits per heavy atom. The maximum absolute atomic E-state index is 12.8. The molecule has 2 rings (SSSR count). The summed E-state index contributed by atoms with van der Waals surface area (Å²) in [5, 5.41) is 4.83. The highest BCUT2D eigenvalue weighted by Crippen LogP contribution is 2.19. The van der Waals surface area contributed by atoms with Crippen LogP contribution in [0.2, 0.25) is 0 Å². The number of carbonyl (C=O) groups excluding carboxylic acids is 4. The fourth-order valence-corrected chi connectivity index (χ4v) is 2.73. The van der Waals surface area contributed by atoms with Crippen molar-refractivity contribution < 1.29 is 23.9 Å². The molecule has 2 aromatic carbocycles. The normalized spacial score (nSPS) is 10.4. The zero-order valence-electron chi connectivity index (χ0n) is 17.0. The number of nitrogens with zero attached hydrogens (tertiary/aromatic N) is 1. The molecule has 0 spiro atoms. The standard InChI is InChI=1S/C22H25N3O5/c1-3-25(15-20(27)24-22(29)30-4-2)14-19(26)23-18-13-9-8-12-17(18)21(28)16-10-6-5-7-11-16/h5-13H,3-4,14-15H2,1-2H3,(H,23,26)(H,24,27,29). The Balaban J connectivity index is 2.01. The van der Waals surface area contributed by atoms with Crippen LogP contribution in [0, 0.1) is 0 Å². The van der Waals surface area contributed by atoms with Crippen LogP contribution in [0.3, 0.4) is 0 Å². The van der Waals surface area contributed by atoms with Gasteiger partial charge in [0.05, 0.1) is 25.4 Å². The third-order valence-corrected chi connectivity index (χ3v) is 4.18. The van der Waals surface area contributed by atoms with Gasteiger partial charge in [0.1, 0.15) is 0 Å². The molecule has 30 heavy (non-hydrogen) atoms. The van der Waals surface area contributed by atoms with Gasteiger partial charge in [-0.1, -0.05) is 49.4 Å². The number of hydrogen-bond acceptors (Lipinski definition) is 6. The molecule has 8 heteroatoms. The van der Waals surface area contributed by atoms with Crippen LogP contribution < -0.4 is 10.6 Å². The number of alkyl carbamates (subject to hydrolysis) is 1. The van der Waals surface area contributed by atoms with Gasteiger partial charge in [-0.2, -0.15) is 0 Å². The molecule has 0 aliphatic heterocycles. The van der Waals surface area contributed by atoms with E-state index in [-0.39, 0.29) is 31.4 Å². The topological polar surface area (TPSA) is 105 Å². The summed E-state index contributed by atoms with van der Waals surface area (Å²) in [7, 11) is 0. The maximum atomic E-state index is 12.8. The largest absolute Gasteiger partial charge is 0.450 e. The van der Waals surface area contributed by atoms with Gasteiger partial charge in [0, 0.05) is 11.1 Å². The molecule has 0 bridgehead atoms. The summed E-state index contributed by atoms with van der Waals surface area (Å²) < 4.78 is 4.66. The lowest BCUT2D eigenvalue weighted by atomic mass is 10.0. The molecule has 0 fully saturated rings. The van der Waals surface area contributed by atoms with E-state index in [0.29, 0.717) is 23.4 Å². The lowest BCUT2D eigenvalue weighted by Crippen LogP contribution is -2.43. The van der Waals surface area contributed by atoms with Gasteiger partial charge in [-0.3, -0.25) is 24.6 Å². The number of likely N-dealkylation sites (N-methyl/N-ethyl adjacent to an activating group) is 1. The summed E-state index contributed by atoms with van der Waals surface area (Å²) in [5.74, 6) is -1.15. The number of imide groups is 1. The smallest absolute Gasteiger partial charge is 0.413 e. The van der Waals surface area contributed by atoms with E-state index in [1.165, 1.54) is 0 Å². The second-order valence-electron chi connectivity index (χ2n) is 6.36. The summed E-state index contributed by atoms with van der Waals surface area (Å²) in [6, 6.07) is 15.5. The highest BCUT2D eigenvalue weighted by atomic mass is 16.5. The minimum Gasteiger partial charge on any atom is -0.450 e.